The van der Waals surface area contributed by atoms with Crippen LogP contribution in [0.2, 0.25) is 0 Å². The SMILES string of the molecule is Cc1cccc(NC(=S)N[C@@H](C)c2cccc3ccccc23)c1C. The fourth-order valence-electron chi connectivity index (χ4n) is 2.95. The Kier molecular flexibility index (Phi) is 4.81. The molecule has 0 spiro atoms. The second-order valence-corrected chi connectivity index (χ2v) is 6.54. The molecule has 1 atom stereocenters. The van der Waals surface area contributed by atoms with Crippen LogP contribution in [0.25, 0.3) is 10.8 Å². The van der Waals surface area contributed by atoms with Crippen LogP contribution in [0.15, 0.2) is 60.7 Å². The lowest BCUT2D eigenvalue weighted by atomic mass is 10.00. The first-order valence-electron chi connectivity index (χ1n) is 8.17. The van der Waals surface area contributed by atoms with E-state index < -0.39 is 0 Å². The molecule has 0 unspecified atom stereocenters. The molecule has 0 amide bonds. The molecule has 3 aromatic rings. The zero-order valence-electron chi connectivity index (χ0n) is 14.3. The minimum absolute atomic E-state index is 0.126. The molecule has 0 aliphatic carbocycles. The van der Waals surface area contributed by atoms with Crippen LogP contribution in [-0.4, -0.2) is 5.11 Å². The third kappa shape index (κ3) is 3.41. The summed E-state index contributed by atoms with van der Waals surface area (Å²) >= 11 is 5.52. The molecule has 2 N–H and O–H groups in total. The molecular weight excluding hydrogens is 312 g/mol. The summed E-state index contributed by atoms with van der Waals surface area (Å²) in [6.45, 7) is 6.35. The number of hydrogen-bond acceptors (Lipinski definition) is 1. The summed E-state index contributed by atoms with van der Waals surface area (Å²) in [5, 5.41) is 9.87. The van der Waals surface area contributed by atoms with Gasteiger partial charge in [-0.3, -0.25) is 0 Å². The molecule has 0 aromatic heterocycles. The van der Waals surface area contributed by atoms with E-state index in [0.29, 0.717) is 5.11 Å². The van der Waals surface area contributed by atoms with Gasteiger partial charge < -0.3 is 10.6 Å². The highest BCUT2D eigenvalue weighted by molar-refractivity contribution is 7.80. The molecule has 3 aromatic carbocycles. The quantitative estimate of drug-likeness (QED) is 0.618. The molecular formula is C21H22N2S. The maximum atomic E-state index is 5.52. The molecule has 3 heteroatoms. The summed E-state index contributed by atoms with van der Waals surface area (Å²) in [5.41, 5.74) is 4.78. The zero-order valence-corrected chi connectivity index (χ0v) is 15.1. The van der Waals surface area contributed by atoms with E-state index in [-0.39, 0.29) is 6.04 Å². The third-order valence-electron chi connectivity index (χ3n) is 4.49. The summed E-state index contributed by atoms with van der Waals surface area (Å²) in [4.78, 5) is 0. The Labute approximate surface area is 148 Å². The first-order valence-corrected chi connectivity index (χ1v) is 8.58. The second kappa shape index (κ2) is 7.02. The zero-order chi connectivity index (χ0) is 17.1. The number of thiocarbonyl (C=S) groups is 1. The highest BCUT2D eigenvalue weighted by Gasteiger charge is 2.11. The Morgan fingerprint density at radius 1 is 0.917 bits per heavy atom. The number of rotatable bonds is 3. The van der Waals surface area contributed by atoms with Crippen LogP contribution < -0.4 is 10.6 Å². The summed E-state index contributed by atoms with van der Waals surface area (Å²) < 4.78 is 0. The molecule has 0 radical (unpaired) electrons. The number of anilines is 1. The number of hydrogen-bond donors (Lipinski definition) is 2. The maximum Gasteiger partial charge on any atom is 0.171 e. The lowest BCUT2D eigenvalue weighted by Gasteiger charge is -2.20. The standard InChI is InChI=1S/C21H22N2S/c1-14-8-6-13-20(15(14)2)23-21(24)22-16(3)18-12-7-10-17-9-4-5-11-19(17)18/h4-13,16H,1-3H3,(H2,22,23,24)/t16-/m0/s1. The largest absolute Gasteiger partial charge is 0.356 e. The number of fused-ring (bicyclic) bond motifs is 1. The molecule has 0 bridgehead atoms. The summed E-state index contributed by atoms with van der Waals surface area (Å²) in [5.74, 6) is 0. The number of benzene rings is 3. The van der Waals surface area contributed by atoms with Gasteiger partial charge in [-0.15, -0.1) is 0 Å². The number of nitrogens with one attached hydrogen (secondary N) is 2. The van der Waals surface area contributed by atoms with Gasteiger partial charge >= 0.3 is 0 Å². The van der Waals surface area contributed by atoms with Crippen molar-refractivity contribution in [2.75, 3.05) is 5.32 Å². The van der Waals surface area contributed by atoms with Crippen LogP contribution in [0.4, 0.5) is 5.69 Å². The van der Waals surface area contributed by atoms with Gasteiger partial charge in [0, 0.05) is 5.69 Å². The molecule has 24 heavy (non-hydrogen) atoms. The number of aryl methyl sites for hydroxylation is 1. The highest BCUT2D eigenvalue weighted by atomic mass is 32.1. The van der Waals surface area contributed by atoms with Gasteiger partial charge in [-0.1, -0.05) is 54.6 Å². The van der Waals surface area contributed by atoms with Crippen molar-refractivity contribution in [2.24, 2.45) is 0 Å². The van der Waals surface area contributed by atoms with Crippen molar-refractivity contribution in [2.45, 2.75) is 26.8 Å². The normalized spacial score (nSPS) is 12.0. The van der Waals surface area contributed by atoms with Crippen molar-refractivity contribution in [3.8, 4) is 0 Å². The molecule has 0 saturated carbocycles. The van der Waals surface area contributed by atoms with Crippen LogP contribution >= 0.6 is 12.2 Å². The minimum Gasteiger partial charge on any atom is -0.356 e. The Balaban J connectivity index is 1.77. The molecule has 0 fully saturated rings. The van der Waals surface area contributed by atoms with Gasteiger partial charge in [-0.05, 0) is 66.5 Å². The van der Waals surface area contributed by atoms with Gasteiger partial charge in [0.15, 0.2) is 5.11 Å². The van der Waals surface area contributed by atoms with Gasteiger partial charge in [0.1, 0.15) is 0 Å². The van der Waals surface area contributed by atoms with E-state index in [4.69, 9.17) is 12.2 Å². The van der Waals surface area contributed by atoms with E-state index in [1.54, 1.807) is 0 Å². The van der Waals surface area contributed by atoms with E-state index >= 15 is 0 Å². The van der Waals surface area contributed by atoms with Gasteiger partial charge in [-0.25, -0.2) is 0 Å². The maximum absolute atomic E-state index is 5.52. The molecule has 3 rings (SSSR count). The molecule has 0 aliphatic rings. The Morgan fingerprint density at radius 2 is 1.62 bits per heavy atom. The van der Waals surface area contributed by atoms with Crippen molar-refractivity contribution in [3.63, 3.8) is 0 Å². The van der Waals surface area contributed by atoms with Crippen LogP contribution in [0, 0.1) is 13.8 Å². The first kappa shape index (κ1) is 16.5. The second-order valence-electron chi connectivity index (χ2n) is 6.14. The van der Waals surface area contributed by atoms with Crippen molar-refractivity contribution in [3.05, 3.63) is 77.4 Å². The molecule has 2 nitrogen and oxygen atoms in total. The topological polar surface area (TPSA) is 24.1 Å². The third-order valence-corrected chi connectivity index (χ3v) is 4.71. The van der Waals surface area contributed by atoms with Crippen LogP contribution in [0.3, 0.4) is 0 Å². The highest BCUT2D eigenvalue weighted by Crippen LogP contribution is 2.24. The fourth-order valence-corrected chi connectivity index (χ4v) is 3.23. The predicted molar refractivity (Wildman–Crippen MR) is 108 cm³/mol. The monoisotopic (exact) mass is 334 g/mol. The minimum atomic E-state index is 0.126. The fraction of sp³-hybridized carbons (Fsp3) is 0.190. The lowest BCUT2D eigenvalue weighted by molar-refractivity contribution is 0.729. The molecule has 0 heterocycles. The van der Waals surface area contributed by atoms with Crippen molar-refractivity contribution in [1.82, 2.24) is 5.32 Å². The average Bonchev–Trinajstić information content (AvgIpc) is 2.58. The van der Waals surface area contributed by atoms with Crippen LogP contribution in [0.1, 0.15) is 29.7 Å². The van der Waals surface area contributed by atoms with Crippen molar-refractivity contribution in [1.29, 1.82) is 0 Å². The predicted octanol–water partition coefficient (Wildman–Crippen LogP) is 5.50. The van der Waals surface area contributed by atoms with E-state index in [1.807, 2.05) is 6.07 Å². The van der Waals surface area contributed by atoms with Crippen molar-refractivity contribution >= 4 is 33.8 Å². The van der Waals surface area contributed by atoms with Gasteiger partial charge in [0.2, 0.25) is 0 Å². The summed E-state index contributed by atoms with van der Waals surface area (Å²) in [7, 11) is 0. The molecule has 0 saturated heterocycles. The molecule has 122 valence electrons. The molecule has 0 aliphatic heterocycles. The summed E-state index contributed by atoms with van der Waals surface area (Å²) in [6.07, 6.45) is 0. The first-order chi connectivity index (χ1) is 11.6. The van der Waals surface area contributed by atoms with Crippen molar-refractivity contribution < 1.29 is 0 Å². The van der Waals surface area contributed by atoms with Gasteiger partial charge in [0.05, 0.1) is 6.04 Å². The van der Waals surface area contributed by atoms with E-state index in [0.717, 1.165) is 5.69 Å². The van der Waals surface area contributed by atoms with E-state index in [2.05, 4.69) is 86.0 Å². The van der Waals surface area contributed by atoms with Gasteiger partial charge in [-0.2, -0.15) is 0 Å². The summed E-state index contributed by atoms with van der Waals surface area (Å²) in [6, 6.07) is 21.2. The van der Waals surface area contributed by atoms with E-state index in [1.165, 1.54) is 27.5 Å². The van der Waals surface area contributed by atoms with E-state index in [9.17, 15) is 0 Å². The smallest absolute Gasteiger partial charge is 0.171 e. The van der Waals surface area contributed by atoms with Gasteiger partial charge in [0.25, 0.3) is 0 Å². The Bertz CT molecular complexity index is 881. The lowest BCUT2D eigenvalue weighted by Crippen LogP contribution is -2.31. The van der Waals surface area contributed by atoms with Crippen LogP contribution in [-0.2, 0) is 0 Å². The van der Waals surface area contributed by atoms with Crippen LogP contribution in [0.5, 0.6) is 0 Å². The Morgan fingerprint density at radius 3 is 2.46 bits per heavy atom. The Hall–Kier alpha value is -2.39. The average molecular weight is 334 g/mol.